The molecule has 0 aliphatic carbocycles. The van der Waals surface area contributed by atoms with Crippen LogP contribution in [0.15, 0.2) is 84.0 Å². The molecule has 4 aromatic rings. The van der Waals surface area contributed by atoms with E-state index in [9.17, 15) is 4.79 Å². The highest BCUT2D eigenvalue weighted by molar-refractivity contribution is 7.99. The zero-order valence-electron chi connectivity index (χ0n) is 17.6. The average molecular weight is 443 g/mol. The number of aromatic nitrogens is 3. The number of aryl methyl sites for hydroxylation is 1. The molecule has 0 spiro atoms. The minimum Gasteiger partial charge on any atom is -0.489 e. The summed E-state index contributed by atoms with van der Waals surface area (Å²) in [5.74, 6) is 1.63. The van der Waals surface area contributed by atoms with Crippen LogP contribution in [-0.2, 0) is 4.79 Å². The van der Waals surface area contributed by atoms with Gasteiger partial charge >= 0.3 is 0 Å². The number of rotatable bonds is 5. The molecule has 3 aromatic carbocycles. The lowest BCUT2D eigenvalue weighted by Gasteiger charge is -2.37. The first-order chi connectivity index (χ1) is 15.7. The second-order valence-corrected chi connectivity index (χ2v) is 8.53. The van der Waals surface area contributed by atoms with E-state index in [1.165, 1.54) is 17.3 Å². The molecule has 0 saturated carbocycles. The fourth-order valence-corrected chi connectivity index (χ4v) is 4.42. The third kappa shape index (κ3) is 4.11. The topological polar surface area (TPSA) is 71.1 Å². The maximum absolute atomic E-state index is 13.4. The van der Waals surface area contributed by atoms with Gasteiger partial charge in [0, 0.05) is 5.56 Å². The first-order valence-corrected chi connectivity index (χ1v) is 11.4. The summed E-state index contributed by atoms with van der Waals surface area (Å²) in [6, 6.07) is 25.5. The predicted molar refractivity (Wildman–Crippen MR) is 126 cm³/mol. The van der Waals surface area contributed by atoms with Gasteiger partial charge in [-0.3, -0.25) is 14.8 Å². The second kappa shape index (κ2) is 8.88. The van der Waals surface area contributed by atoms with Crippen molar-refractivity contribution < 1.29 is 9.53 Å². The summed E-state index contributed by atoms with van der Waals surface area (Å²) < 4.78 is 5.96. The van der Waals surface area contributed by atoms with Gasteiger partial charge in [0.25, 0.3) is 0 Å². The molecule has 5 rings (SSSR count). The maximum Gasteiger partial charge on any atom is 0.238 e. The lowest BCUT2D eigenvalue weighted by molar-refractivity contribution is -0.117. The summed E-state index contributed by atoms with van der Waals surface area (Å²) in [5.41, 5.74) is 3.98. The molecule has 2 heterocycles. The minimum atomic E-state index is -0.186. The zero-order valence-corrected chi connectivity index (χ0v) is 18.4. The standard InChI is InChI=1S/C25H22N4O2S/c1-17-11-13-19(14-12-17)24-26-25(28-27-24)32-16-23(30)29-20-9-5-6-10-22(20)31-15-21(29)18-7-3-2-4-8-18/h2-14,21H,15-16H2,1H3,(H,26,27,28). The Morgan fingerprint density at radius 2 is 1.81 bits per heavy atom. The van der Waals surface area contributed by atoms with Crippen molar-refractivity contribution in [1.29, 1.82) is 0 Å². The zero-order chi connectivity index (χ0) is 21.9. The van der Waals surface area contributed by atoms with Crippen LogP contribution < -0.4 is 9.64 Å². The highest BCUT2D eigenvalue weighted by atomic mass is 32.2. The summed E-state index contributed by atoms with van der Waals surface area (Å²) in [6.07, 6.45) is 0. The number of hydrogen-bond donors (Lipinski definition) is 1. The number of nitrogens with one attached hydrogen (secondary N) is 1. The second-order valence-electron chi connectivity index (χ2n) is 7.59. The largest absolute Gasteiger partial charge is 0.489 e. The average Bonchev–Trinajstić information content (AvgIpc) is 3.32. The molecule has 1 aromatic heterocycles. The number of anilines is 1. The first-order valence-electron chi connectivity index (χ1n) is 10.4. The molecule has 1 aliphatic heterocycles. The Bertz CT molecular complexity index is 1220. The van der Waals surface area contributed by atoms with Crippen LogP contribution in [-0.4, -0.2) is 33.4 Å². The number of thioether (sulfide) groups is 1. The van der Waals surface area contributed by atoms with Gasteiger partial charge in [-0.05, 0) is 24.6 Å². The number of H-pyrrole nitrogens is 1. The Morgan fingerprint density at radius 1 is 1.06 bits per heavy atom. The van der Waals surface area contributed by atoms with Crippen molar-refractivity contribution in [3.05, 3.63) is 90.0 Å². The summed E-state index contributed by atoms with van der Waals surface area (Å²) >= 11 is 1.33. The fraction of sp³-hybridized carbons (Fsp3) is 0.160. The Hall–Kier alpha value is -3.58. The van der Waals surface area contributed by atoms with Crippen molar-refractivity contribution in [2.45, 2.75) is 18.1 Å². The number of ether oxygens (including phenoxy) is 1. The molecular weight excluding hydrogens is 420 g/mol. The Balaban J connectivity index is 1.36. The highest BCUT2D eigenvalue weighted by Crippen LogP contribution is 2.39. The number of nitrogens with zero attached hydrogens (tertiary/aromatic N) is 3. The van der Waals surface area contributed by atoms with E-state index in [0.717, 1.165) is 22.6 Å². The van der Waals surface area contributed by atoms with Crippen molar-refractivity contribution in [3.8, 4) is 17.1 Å². The van der Waals surface area contributed by atoms with Gasteiger partial charge in [0.15, 0.2) is 5.82 Å². The molecule has 0 radical (unpaired) electrons. The number of benzene rings is 3. The summed E-state index contributed by atoms with van der Waals surface area (Å²) in [4.78, 5) is 19.8. The molecule has 1 unspecified atom stereocenters. The van der Waals surface area contributed by atoms with Crippen LogP contribution in [0.3, 0.4) is 0 Å². The molecule has 0 bridgehead atoms. The van der Waals surface area contributed by atoms with E-state index in [1.807, 2.05) is 90.7 Å². The van der Waals surface area contributed by atoms with E-state index in [1.54, 1.807) is 0 Å². The van der Waals surface area contributed by atoms with Crippen LogP contribution in [0.1, 0.15) is 17.2 Å². The molecule has 32 heavy (non-hydrogen) atoms. The maximum atomic E-state index is 13.4. The summed E-state index contributed by atoms with van der Waals surface area (Å²) in [6.45, 7) is 2.46. The third-order valence-electron chi connectivity index (χ3n) is 5.40. The normalized spacial score (nSPS) is 15.2. The number of fused-ring (bicyclic) bond motifs is 1. The number of para-hydroxylation sites is 2. The highest BCUT2D eigenvalue weighted by Gasteiger charge is 2.33. The SMILES string of the molecule is Cc1ccc(-c2nc(SCC(=O)N3c4ccccc4OCC3c3ccccc3)n[nH]2)cc1. The number of carbonyl (C=O) groups is 1. The fourth-order valence-electron chi connectivity index (χ4n) is 3.77. The van der Waals surface area contributed by atoms with Crippen molar-refractivity contribution in [2.24, 2.45) is 0 Å². The van der Waals surface area contributed by atoms with Gasteiger partial charge in [0.2, 0.25) is 11.1 Å². The van der Waals surface area contributed by atoms with E-state index in [0.29, 0.717) is 17.6 Å². The number of amides is 1. The lowest BCUT2D eigenvalue weighted by Crippen LogP contribution is -2.42. The third-order valence-corrected chi connectivity index (χ3v) is 6.23. The Labute approximate surface area is 190 Å². The van der Waals surface area contributed by atoms with Crippen LogP contribution in [0.5, 0.6) is 5.75 Å². The Morgan fingerprint density at radius 3 is 2.62 bits per heavy atom. The molecule has 1 amide bonds. The molecule has 160 valence electrons. The van der Waals surface area contributed by atoms with Crippen LogP contribution in [0, 0.1) is 6.92 Å². The van der Waals surface area contributed by atoms with Gasteiger partial charge in [-0.25, -0.2) is 4.98 Å². The van der Waals surface area contributed by atoms with Crippen molar-refractivity contribution in [3.63, 3.8) is 0 Å². The van der Waals surface area contributed by atoms with Crippen molar-refractivity contribution in [2.75, 3.05) is 17.3 Å². The number of carbonyl (C=O) groups excluding carboxylic acids is 1. The van der Waals surface area contributed by atoms with Gasteiger partial charge in [0.05, 0.1) is 17.5 Å². The van der Waals surface area contributed by atoms with Crippen LogP contribution in [0.25, 0.3) is 11.4 Å². The quantitative estimate of drug-likeness (QED) is 0.439. The van der Waals surface area contributed by atoms with Crippen LogP contribution in [0.2, 0.25) is 0 Å². The molecular formula is C25H22N4O2S. The lowest BCUT2D eigenvalue weighted by atomic mass is 10.0. The molecule has 1 aliphatic rings. The predicted octanol–water partition coefficient (Wildman–Crippen LogP) is 5.04. The Kier molecular flexibility index (Phi) is 5.64. The minimum absolute atomic E-state index is 0.0127. The molecule has 6 nitrogen and oxygen atoms in total. The summed E-state index contributed by atoms with van der Waals surface area (Å²) in [7, 11) is 0. The van der Waals surface area contributed by atoms with Crippen LogP contribution >= 0.6 is 11.8 Å². The number of hydrogen-bond acceptors (Lipinski definition) is 5. The molecule has 1 N–H and O–H groups in total. The van der Waals surface area contributed by atoms with Gasteiger partial charge < -0.3 is 4.74 Å². The number of aromatic amines is 1. The molecule has 0 fully saturated rings. The smallest absolute Gasteiger partial charge is 0.238 e. The van der Waals surface area contributed by atoms with Crippen molar-refractivity contribution in [1.82, 2.24) is 15.2 Å². The van der Waals surface area contributed by atoms with Crippen LogP contribution in [0.4, 0.5) is 5.69 Å². The van der Waals surface area contributed by atoms with E-state index in [2.05, 4.69) is 15.2 Å². The van der Waals surface area contributed by atoms with Gasteiger partial charge in [-0.2, -0.15) is 0 Å². The van der Waals surface area contributed by atoms with Gasteiger partial charge in [-0.1, -0.05) is 84.1 Å². The monoisotopic (exact) mass is 442 g/mol. The van der Waals surface area contributed by atoms with Gasteiger partial charge in [0.1, 0.15) is 12.4 Å². The van der Waals surface area contributed by atoms with Crippen molar-refractivity contribution >= 4 is 23.4 Å². The van der Waals surface area contributed by atoms with E-state index < -0.39 is 0 Å². The summed E-state index contributed by atoms with van der Waals surface area (Å²) in [5, 5.41) is 7.80. The van der Waals surface area contributed by atoms with E-state index in [4.69, 9.17) is 4.74 Å². The first kappa shape index (κ1) is 20.3. The van der Waals surface area contributed by atoms with E-state index in [-0.39, 0.29) is 17.7 Å². The molecule has 1 atom stereocenters. The van der Waals surface area contributed by atoms with E-state index >= 15 is 0 Å². The van der Waals surface area contributed by atoms with Gasteiger partial charge in [-0.15, -0.1) is 5.10 Å². The molecule has 0 saturated heterocycles. The molecule has 7 heteroatoms.